The smallest absolute Gasteiger partial charge is 0.164 e. The van der Waals surface area contributed by atoms with Gasteiger partial charge in [0.1, 0.15) is 30.1 Å². The molecule has 2 aromatic rings. The lowest BCUT2D eigenvalue weighted by atomic mass is 10.1. The summed E-state index contributed by atoms with van der Waals surface area (Å²) in [6.45, 7) is 8.96. The van der Waals surface area contributed by atoms with E-state index in [4.69, 9.17) is 24.2 Å². The van der Waals surface area contributed by atoms with Crippen LogP contribution < -0.4 is 20.3 Å². The van der Waals surface area contributed by atoms with Crippen LogP contribution in [0.5, 0.6) is 5.75 Å². The molecule has 198 valence electrons. The summed E-state index contributed by atoms with van der Waals surface area (Å²) in [5, 5.41) is 16.7. The first-order valence-electron chi connectivity index (χ1n) is 13.2. The highest BCUT2D eigenvalue weighted by atomic mass is 16.5. The molecule has 0 spiro atoms. The van der Waals surface area contributed by atoms with Crippen LogP contribution in [0.15, 0.2) is 24.3 Å². The van der Waals surface area contributed by atoms with Gasteiger partial charge in [0.25, 0.3) is 0 Å². The quantitative estimate of drug-likeness (QED) is 0.431. The third-order valence-corrected chi connectivity index (χ3v) is 6.90. The molecule has 1 unspecified atom stereocenters. The highest BCUT2D eigenvalue weighted by molar-refractivity contribution is 5.67. The van der Waals surface area contributed by atoms with Gasteiger partial charge in [0.2, 0.25) is 0 Å². The number of benzene rings is 1. The van der Waals surface area contributed by atoms with Gasteiger partial charge < -0.3 is 34.9 Å². The van der Waals surface area contributed by atoms with Crippen LogP contribution in [0.3, 0.4) is 0 Å². The second kappa shape index (κ2) is 13.2. The molecule has 1 atom stereocenters. The van der Waals surface area contributed by atoms with E-state index in [0.717, 1.165) is 81.4 Å². The molecule has 2 fully saturated rings. The first-order chi connectivity index (χ1) is 17.6. The predicted molar refractivity (Wildman–Crippen MR) is 142 cm³/mol. The fraction of sp³-hybridized carbons (Fsp3) is 0.630. The first kappa shape index (κ1) is 26.6. The van der Waals surface area contributed by atoms with Crippen LogP contribution in [-0.4, -0.2) is 86.4 Å². The van der Waals surface area contributed by atoms with Crippen molar-refractivity contribution in [3.8, 4) is 17.1 Å². The Morgan fingerprint density at radius 1 is 1.11 bits per heavy atom. The van der Waals surface area contributed by atoms with Gasteiger partial charge in [0.15, 0.2) is 5.82 Å². The Morgan fingerprint density at radius 2 is 1.83 bits per heavy atom. The number of ether oxygens (including phenoxy) is 3. The van der Waals surface area contributed by atoms with Crippen molar-refractivity contribution in [1.29, 1.82) is 0 Å². The minimum atomic E-state index is -0.575. The van der Waals surface area contributed by atoms with Crippen molar-refractivity contribution in [3.63, 3.8) is 0 Å². The van der Waals surface area contributed by atoms with Crippen LogP contribution in [0.25, 0.3) is 11.4 Å². The normalized spacial score (nSPS) is 18.1. The van der Waals surface area contributed by atoms with Crippen molar-refractivity contribution in [2.24, 2.45) is 0 Å². The van der Waals surface area contributed by atoms with Crippen LogP contribution in [0, 0.1) is 6.92 Å². The van der Waals surface area contributed by atoms with Gasteiger partial charge in [0, 0.05) is 62.7 Å². The van der Waals surface area contributed by atoms with E-state index in [-0.39, 0.29) is 6.61 Å². The lowest BCUT2D eigenvalue weighted by molar-refractivity contribution is 0.0845. The van der Waals surface area contributed by atoms with Crippen molar-refractivity contribution in [3.05, 3.63) is 29.8 Å². The van der Waals surface area contributed by atoms with Gasteiger partial charge in [-0.1, -0.05) is 12.1 Å². The molecule has 2 aliphatic heterocycles. The Hall–Kier alpha value is -2.46. The van der Waals surface area contributed by atoms with E-state index < -0.39 is 6.10 Å². The second-order valence-electron chi connectivity index (χ2n) is 9.56. The minimum absolute atomic E-state index is 0.216. The van der Waals surface area contributed by atoms with Gasteiger partial charge in [0.05, 0.1) is 0 Å². The average molecular weight is 500 g/mol. The Kier molecular flexibility index (Phi) is 9.75. The Bertz CT molecular complexity index is 963. The molecule has 2 saturated heterocycles. The summed E-state index contributed by atoms with van der Waals surface area (Å²) in [4.78, 5) is 12.5. The molecule has 0 aliphatic carbocycles. The van der Waals surface area contributed by atoms with Crippen molar-refractivity contribution in [2.45, 2.75) is 57.7 Å². The molecule has 0 saturated carbocycles. The molecule has 0 amide bonds. The fourth-order valence-corrected chi connectivity index (χ4v) is 4.88. The number of nitrogens with one attached hydrogen (secondary N) is 2. The van der Waals surface area contributed by atoms with Crippen molar-refractivity contribution >= 4 is 11.6 Å². The Labute approximate surface area is 214 Å². The molecule has 0 bridgehead atoms. The number of aliphatic hydroxyl groups excluding tert-OH is 1. The van der Waals surface area contributed by atoms with Crippen molar-refractivity contribution < 1.29 is 19.3 Å². The summed E-state index contributed by atoms with van der Waals surface area (Å²) in [6.07, 6.45) is 3.34. The van der Waals surface area contributed by atoms with Crippen LogP contribution in [0.2, 0.25) is 0 Å². The average Bonchev–Trinajstić information content (AvgIpc) is 2.91. The second-order valence-corrected chi connectivity index (χ2v) is 9.56. The molecular weight excluding hydrogens is 458 g/mol. The zero-order valence-corrected chi connectivity index (χ0v) is 21.8. The largest absolute Gasteiger partial charge is 0.491 e. The lowest BCUT2D eigenvalue weighted by Crippen LogP contribution is -2.40. The molecule has 9 heteroatoms. The first-order valence-corrected chi connectivity index (χ1v) is 13.2. The van der Waals surface area contributed by atoms with Gasteiger partial charge in [-0.05, 0) is 58.7 Å². The number of nitrogens with zero attached hydrogens (tertiary/aromatic N) is 3. The van der Waals surface area contributed by atoms with Crippen molar-refractivity contribution in [2.75, 3.05) is 63.4 Å². The number of hydrogen-bond donors (Lipinski definition) is 3. The molecule has 3 heterocycles. The molecular formula is C27H41N5O4. The Balaban J connectivity index is 1.66. The third-order valence-electron chi connectivity index (χ3n) is 6.90. The van der Waals surface area contributed by atoms with E-state index in [1.54, 1.807) is 0 Å². The minimum Gasteiger partial charge on any atom is -0.491 e. The maximum atomic E-state index is 10.0. The number of aromatic nitrogens is 2. The summed E-state index contributed by atoms with van der Waals surface area (Å²) in [6, 6.07) is 8.52. The van der Waals surface area contributed by atoms with Gasteiger partial charge in [-0.3, -0.25) is 0 Å². The van der Waals surface area contributed by atoms with Crippen LogP contribution in [0.1, 0.15) is 38.2 Å². The van der Waals surface area contributed by atoms with E-state index in [9.17, 15) is 5.11 Å². The van der Waals surface area contributed by atoms with E-state index >= 15 is 0 Å². The van der Waals surface area contributed by atoms with Gasteiger partial charge in [-0.25, -0.2) is 9.97 Å². The lowest BCUT2D eigenvalue weighted by Gasteiger charge is -2.36. The zero-order chi connectivity index (χ0) is 25.3. The number of hydrogen-bond acceptors (Lipinski definition) is 9. The molecule has 3 N–H and O–H groups in total. The third kappa shape index (κ3) is 6.85. The van der Waals surface area contributed by atoms with Gasteiger partial charge in [-0.15, -0.1) is 0 Å². The van der Waals surface area contributed by atoms with E-state index in [1.807, 2.05) is 31.3 Å². The summed E-state index contributed by atoms with van der Waals surface area (Å²) in [5.41, 5.74) is 1.95. The van der Waals surface area contributed by atoms with E-state index in [1.165, 1.54) is 0 Å². The maximum absolute atomic E-state index is 10.0. The summed E-state index contributed by atoms with van der Waals surface area (Å²) >= 11 is 0. The van der Waals surface area contributed by atoms with Gasteiger partial charge in [-0.2, -0.15) is 0 Å². The Morgan fingerprint density at radius 3 is 2.53 bits per heavy atom. The molecule has 1 aromatic heterocycles. The topological polar surface area (TPSA) is 101 Å². The van der Waals surface area contributed by atoms with Crippen molar-refractivity contribution in [1.82, 2.24) is 15.3 Å². The van der Waals surface area contributed by atoms with E-state index in [0.29, 0.717) is 30.2 Å². The van der Waals surface area contributed by atoms with Crippen LogP contribution in [0.4, 0.5) is 11.6 Å². The highest BCUT2D eigenvalue weighted by Crippen LogP contribution is 2.32. The molecule has 36 heavy (non-hydrogen) atoms. The monoisotopic (exact) mass is 499 g/mol. The number of rotatable bonds is 11. The molecule has 1 aromatic carbocycles. The molecule has 2 aliphatic rings. The SMILES string of the molecule is CCN(c1nc(-c2cccc(OCC(O)CNC)c2)nc(NC2CCOCC2)c1C)C1CCOCC1. The van der Waals surface area contributed by atoms with Crippen LogP contribution in [-0.2, 0) is 9.47 Å². The summed E-state index contributed by atoms with van der Waals surface area (Å²) in [7, 11) is 1.81. The molecule has 9 nitrogen and oxygen atoms in total. The van der Waals surface area contributed by atoms with Crippen LogP contribution >= 0.6 is 0 Å². The number of aliphatic hydroxyl groups is 1. The number of anilines is 2. The standard InChI is InChI=1S/C27H41N5O4/c1-4-32(22-10-14-35-15-11-22)27-19(2)25(29-21-8-12-34-13-9-21)30-26(31-27)20-6-5-7-24(16-20)36-18-23(33)17-28-3/h5-7,16,21-23,28,33H,4,8-15,17-18H2,1-3H3,(H,29,30,31). The predicted octanol–water partition coefficient (Wildman–Crippen LogP) is 3.01. The molecule has 0 radical (unpaired) electrons. The summed E-state index contributed by atoms with van der Waals surface area (Å²) < 4.78 is 17.0. The fourth-order valence-electron chi connectivity index (χ4n) is 4.88. The summed E-state index contributed by atoms with van der Waals surface area (Å²) in [5.74, 6) is 3.20. The highest BCUT2D eigenvalue weighted by Gasteiger charge is 2.26. The zero-order valence-electron chi connectivity index (χ0n) is 21.8. The van der Waals surface area contributed by atoms with E-state index in [2.05, 4.69) is 29.4 Å². The molecule has 4 rings (SSSR count). The number of likely N-dealkylation sites (N-methyl/N-ethyl adjacent to an activating group) is 1. The van der Waals surface area contributed by atoms with Gasteiger partial charge >= 0.3 is 0 Å². The maximum Gasteiger partial charge on any atom is 0.164 e.